The third-order valence-electron chi connectivity index (χ3n) is 6.30. The minimum atomic E-state index is -3.73. The fourth-order valence-electron chi connectivity index (χ4n) is 4.40. The molecule has 8 nitrogen and oxygen atoms in total. The third-order valence-corrected chi connectivity index (χ3v) is 8.17. The SMILES string of the molecule is COc1ccc(CNC(=O)NCCS(=O)(=O)c2c(C)n(Cc3ccc(F)cc3)c3ccccc23)cc1OC. The van der Waals surface area contributed by atoms with Crippen molar-refractivity contribution >= 4 is 26.8 Å². The molecule has 0 spiro atoms. The highest BCUT2D eigenvalue weighted by atomic mass is 32.2. The number of hydrogen-bond donors (Lipinski definition) is 2. The molecule has 0 bridgehead atoms. The summed E-state index contributed by atoms with van der Waals surface area (Å²) in [5.74, 6) is 0.543. The summed E-state index contributed by atoms with van der Waals surface area (Å²) in [5.41, 5.74) is 3.02. The van der Waals surface area contributed by atoms with E-state index in [4.69, 9.17) is 9.47 Å². The zero-order chi connectivity index (χ0) is 27.3. The summed E-state index contributed by atoms with van der Waals surface area (Å²) in [7, 11) is -0.653. The van der Waals surface area contributed by atoms with E-state index in [0.717, 1.165) is 16.6 Å². The molecule has 0 saturated heterocycles. The van der Waals surface area contributed by atoms with Gasteiger partial charge in [-0.25, -0.2) is 17.6 Å². The normalized spacial score (nSPS) is 11.4. The number of ether oxygens (including phenoxy) is 2. The van der Waals surface area contributed by atoms with Crippen LogP contribution < -0.4 is 20.1 Å². The third kappa shape index (κ3) is 5.91. The maximum Gasteiger partial charge on any atom is 0.315 e. The van der Waals surface area contributed by atoms with Gasteiger partial charge in [0, 0.05) is 36.2 Å². The molecule has 0 aliphatic rings. The number of carbonyl (C=O) groups is 1. The lowest BCUT2D eigenvalue weighted by molar-refractivity contribution is 0.241. The van der Waals surface area contributed by atoms with Crippen LogP contribution in [0.1, 0.15) is 16.8 Å². The van der Waals surface area contributed by atoms with Crippen molar-refractivity contribution in [2.45, 2.75) is 24.9 Å². The van der Waals surface area contributed by atoms with E-state index < -0.39 is 15.9 Å². The lowest BCUT2D eigenvalue weighted by Crippen LogP contribution is -2.37. The van der Waals surface area contributed by atoms with Crippen molar-refractivity contribution in [1.82, 2.24) is 15.2 Å². The molecule has 0 aliphatic carbocycles. The molecule has 2 amide bonds. The number of methoxy groups -OCH3 is 2. The average Bonchev–Trinajstić information content (AvgIpc) is 3.20. The summed E-state index contributed by atoms with van der Waals surface area (Å²) in [5, 5.41) is 5.96. The van der Waals surface area contributed by atoms with Crippen LogP contribution in [0.5, 0.6) is 11.5 Å². The zero-order valence-electron chi connectivity index (χ0n) is 21.5. The highest BCUT2D eigenvalue weighted by Gasteiger charge is 2.25. The van der Waals surface area contributed by atoms with Crippen molar-refractivity contribution in [2.75, 3.05) is 26.5 Å². The van der Waals surface area contributed by atoms with Crippen molar-refractivity contribution in [2.24, 2.45) is 0 Å². The average molecular weight is 540 g/mol. The van der Waals surface area contributed by atoms with Crippen LogP contribution in [0.15, 0.2) is 71.6 Å². The van der Waals surface area contributed by atoms with Gasteiger partial charge in [0.15, 0.2) is 21.3 Å². The lowest BCUT2D eigenvalue weighted by atomic mass is 10.2. The lowest BCUT2D eigenvalue weighted by Gasteiger charge is -2.11. The Morgan fingerprint density at radius 2 is 1.61 bits per heavy atom. The zero-order valence-corrected chi connectivity index (χ0v) is 22.3. The topological polar surface area (TPSA) is 98.7 Å². The van der Waals surface area contributed by atoms with Crippen molar-refractivity contribution in [3.8, 4) is 11.5 Å². The molecule has 0 fully saturated rings. The summed E-state index contributed by atoms with van der Waals surface area (Å²) in [4.78, 5) is 12.6. The van der Waals surface area contributed by atoms with Gasteiger partial charge in [-0.15, -0.1) is 0 Å². The van der Waals surface area contributed by atoms with Gasteiger partial charge in [0.25, 0.3) is 0 Å². The van der Waals surface area contributed by atoms with Crippen molar-refractivity contribution in [3.63, 3.8) is 0 Å². The van der Waals surface area contributed by atoms with Crippen LogP contribution in [0.2, 0.25) is 0 Å². The summed E-state index contributed by atoms with van der Waals surface area (Å²) >= 11 is 0. The van der Waals surface area contributed by atoms with E-state index in [1.54, 1.807) is 56.5 Å². The van der Waals surface area contributed by atoms with Crippen LogP contribution in [0.4, 0.5) is 9.18 Å². The second-order valence-electron chi connectivity index (χ2n) is 8.76. The maximum atomic E-state index is 13.4. The number of urea groups is 1. The number of rotatable bonds is 10. The van der Waals surface area contributed by atoms with Gasteiger partial charge in [-0.1, -0.05) is 36.4 Å². The standard InChI is InChI=1S/C28H30FN3O5S/c1-19-27(23-6-4-5-7-24(23)32(19)18-20-8-11-22(29)12-9-20)38(34,35)15-14-30-28(33)31-17-21-10-13-25(36-2)26(16-21)37-3/h4-13,16H,14-15,17-18H2,1-3H3,(H2,30,31,33). The van der Waals surface area contributed by atoms with Gasteiger partial charge in [0.2, 0.25) is 0 Å². The van der Waals surface area contributed by atoms with Crippen LogP contribution in [0.3, 0.4) is 0 Å². The summed E-state index contributed by atoms with van der Waals surface area (Å²) in [6, 6.07) is 18.2. The van der Waals surface area contributed by atoms with Crippen LogP contribution in [-0.2, 0) is 22.9 Å². The number of aromatic nitrogens is 1. The van der Waals surface area contributed by atoms with Crippen LogP contribution in [0, 0.1) is 12.7 Å². The van der Waals surface area contributed by atoms with E-state index in [0.29, 0.717) is 29.1 Å². The predicted molar refractivity (Wildman–Crippen MR) is 144 cm³/mol. The molecule has 1 aromatic heterocycles. The van der Waals surface area contributed by atoms with E-state index >= 15 is 0 Å². The number of nitrogens with zero attached hydrogens (tertiary/aromatic N) is 1. The first-order chi connectivity index (χ1) is 18.2. The number of carbonyl (C=O) groups excluding carboxylic acids is 1. The number of benzene rings is 3. The Bertz CT molecular complexity index is 1550. The van der Waals surface area contributed by atoms with Gasteiger partial charge < -0.3 is 24.7 Å². The van der Waals surface area contributed by atoms with Gasteiger partial charge >= 0.3 is 6.03 Å². The number of hydrogen-bond acceptors (Lipinski definition) is 5. The highest BCUT2D eigenvalue weighted by Crippen LogP contribution is 2.31. The van der Waals surface area contributed by atoms with E-state index in [1.807, 2.05) is 16.7 Å². The van der Waals surface area contributed by atoms with Gasteiger partial charge in [-0.05, 0) is 48.4 Å². The van der Waals surface area contributed by atoms with Crippen LogP contribution in [-0.4, -0.2) is 45.5 Å². The van der Waals surface area contributed by atoms with Crippen molar-refractivity contribution < 1.29 is 27.1 Å². The van der Waals surface area contributed by atoms with E-state index in [2.05, 4.69) is 10.6 Å². The molecule has 2 N–H and O–H groups in total. The molecule has 0 aliphatic heterocycles. The van der Waals surface area contributed by atoms with Gasteiger partial charge in [-0.2, -0.15) is 0 Å². The molecule has 0 saturated carbocycles. The molecule has 38 heavy (non-hydrogen) atoms. The second-order valence-corrected chi connectivity index (χ2v) is 10.8. The largest absolute Gasteiger partial charge is 0.493 e. The van der Waals surface area contributed by atoms with Crippen LogP contribution in [0.25, 0.3) is 10.9 Å². The Hall–Kier alpha value is -4.05. The van der Waals surface area contributed by atoms with E-state index in [1.165, 1.54) is 19.2 Å². The first kappa shape index (κ1) is 27.0. The molecule has 200 valence electrons. The molecule has 0 atom stereocenters. The maximum absolute atomic E-state index is 13.4. The first-order valence-electron chi connectivity index (χ1n) is 12.0. The molecular formula is C28H30FN3O5S. The number of sulfone groups is 1. The van der Waals surface area contributed by atoms with Crippen LogP contribution >= 0.6 is 0 Å². The molecule has 1 heterocycles. The van der Waals surface area contributed by atoms with Crippen molar-refractivity contribution in [1.29, 1.82) is 0 Å². The molecule has 0 radical (unpaired) electrons. The molecular weight excluding hydrogens is 509 g/mol. The van der Waals surface area contributed by atoms with E-state index in [-0.39, 0.29) is 29.6 Å². The Labute approximate surface area is 221 Å². The Morgan fingerprint density at radius 1 is 0.921 bits per heavy atom. The Balaban J connectivity index is 1.43. The van der Waals surface area contributed by atoms with E-state index in [9.17, 15) is 17.6 Å². The minimum absolute atomic E-state index is 0.0585. The monoisotopic (exact) mass is 539 g/mol. The molecule has 3 aromatic carbocycles. The molecule has 4 rings (SSSR count). The number of nitrogens with one attached hydrogen (secondary N) is 2. The molecule has 0 unspecified atom stereocenters. The highest BCUT2D eigenvalue weighted by molar-refractivity contribution is 7.91. The molecule has 10 heteroatoms. The number of amides is 2. The van der Waals surface area contributed by atoms with Crippen molar-refractivity contribution in [3.05, 3.63) is 89.4 Å². The van der Waals surface area contributed by atoms with Gasteiger partial charge in [0.05, 0.1) is 24.9 Å². The quantitative estimate of drug-likeness (QED) is 0.311. The summed E-state index contributed by atoms with van der Waals surface area (Å²) < 4.78 is 52.6. The van der Waals surface area contributed by atoms with Gasteiger partial charge in [0.1, 0.15) is 5.82 Å². The molecule has 4 aromatic rings. The predicted octanol–water partition coefficient (Wildman–Crippen LogP) is 4.43. The smallest absolute Gasteiger partial charge is 0.315 e. The Morgan fingerprint density at radius 3 is 2.32 bits per heavy atom. The minimum Gasteiger partial charge on any atom is -0.493 e. The second kappa shape index (κ2) is 11.6. The fraction of sp³-hybridized carbons (Fsp3) is 0.250. The fourth-order valence-corrected chi connectivity index (χ4v) is 6.05. The number of fused-ring (bicyclic) bond motifs is 1. The summed E-state index contributed by atoms with van der Waals surface area (Å²) in [6.45, 7) is 2.34. The first-order valence-corrected chi connectivity index (χ1v) is 13.7. The number of halogens is 1. The number of para-hydroxylation sites is 1. The van der Waals surface area contributed by atoms with Gasteiger partial charge in [-0.3, -0.25) is 0 Å². The summed E-state index contributed by atoms with van der Waals surface area (Å²) in [6.07, 6.45) is 0. The Kier molecular flexibility index (Phi) is 8.21.